The number of benzene rings is 1. The molecule has 23 heavy (non-hydrogen) atoms. The normalized spacial score (nSPS) is 15.7. The minimum absolute atomic E-state index is 0.649. The van der Waals surface area contributed by atoms with Gasteiger partial charge in [-0.05, 0) is 51.3 Å². The van der Waals surface area contributed by atoms with Crippen molar-refractivity contribution in [3.63, 3.8) is 0 Å². The fourth-order valence-corrected chi connectivity index (χ4v) is 3.01. The van der Waals surface area contributed by atoms with Crippen LogP contribution in [0.1, 0.15) is 24.1 Å². The highest BCUT2D eigenvalue weighted by Crippen LogP contribution is 2.27. The van der Waals surface area contributed by atoms with E-state index in [0.29, 0.717) is 11.9 Å². The number of rotatable bonds is 4. The molecule has 2 heterocycles. The number of hydrogen-bond donors (Lipinski definition) is 2. The Labute approximate surface area is 137 Å². The summed E-state index contributed by atoms with van der Waals surface area (Å²) in [6.45, 7) is 6.97. The van der Waals surface area contributed by atoms with Gasteiger partial charge in [-0.3, -0.25) is 0 Å². The lowest BCUT2D eigenvalue weighted by Gasteiger charge is -2.33. The fraction of sp³-hybridized carbons (Fsp3) is 0.444. The van der Waals surface area contributed by atoms with Gasteiger partial charge in [-0.15, -0.1) is 0 Å². The number of hydrogen-bond acceptors (Lipinski definition) is 5. The Bertz CT molecular complexity index is 648. The maximum Gasteiger partial charge on any atom is 0.229 e. The maximum absolute atomic E-state index is 5.80. The third-order valence-electron chi connectivity index (χ3n) is 4.64. The molecule has 3 rings (SSSR count). The number of anilines is 3. The average molecular weight is 311 g/mol. The molecule has 0 aliphatic carbocycles. The van der Waals surface area contributed by atoms with Crippen molar-refractivity contribution in [3.05, 3.63) is 41.6 Å². The number of nitrogens with one attached hydrogen (secondary N) is 1. The lowest BCUT2D eigenvalue weighted by atomic mass is 9.97. The van der Waals surface area contributed by atoms with E-state index in [0.717, 1.165) is 55.2 Å². The summed E-state index contributed by atoms with van der Waals surface area (Å²) in [6.07, 6.45) is 2.28. The van der Waals surface area contributed by atoms with Gasteiger partial charge in [-0.1, -0.05) is 18.2 Å². The van der Waals surface area contributed by atoms with Gasteiger partial charge in [0, 0.05) is 30.0 Å². The quantitative estimate of drug-likeness (QED) is 0.908. The van der Waals surface area contributed by atoms with E-state index in [-0.39, 0.29) is 0 Å². The lowest BCUT2D eigenvalue weighted by Crippen LogP contribution is -2.37. The molecule has 5 heteroatoms. The molecule has 0 unspecified atom stereocenters. The second-order valence-corrected chi connectivity index (χ2v) is 6.24. The summed E-state index contributed by atoms with van der Waals surface area (Å²) in [5, 5.41) is 3.30. The number of nitrogens with two attached hydrogens (primary N) is 1. The van der Waals surface area contributed by atoms with E-state index in [1.54, 1.807) is 0 Å². The molecule has 1 aliphatic rings. The highest BCUT2D eigenvalue weighted by Gasteiger charge is 2.21. The van der Waals surface area contributed by atoms with Crippen LogP contribution in [0.15, 0.2) is 30.3 Å². The van der Waals surface area contributed by atoms with Crippen molar-refractivity contribution in [2.24, 2.45) is 11.7 Å². The van der Waals surface area contributed by atoms with E-state index in [2.05, 4.69) is 22.1 Å². The first kappa shape index (κ1) is 15.7. The van der Waals surface area contributed by atoms with Crippen LogP contribution in [-0.2, 0) is 0 Å². The molecule has 1 aliphatic heterocycles. The van der Waals surface area contributed by atoms with Crippen LogP contribution < -0.4 is 16.0 Å². The van der Waals surface area contributed by atoms with Crippen LogP contribution in [0, 0.1) is 19.8 Å². The van der Waals surface area contributed by atoms with Crippen molar-refractivity contribution in [2.75, 3.05) is 29.9 Å². The molecular formula is C18H25N5. The Hall–Kier alpha value is -2.14. The van der Waals surface area contributed by atoms with Gasteiger partial charge < -0.3 is 16.0 Å². The van der Waals surface area contributed by atoms with E-state index < -0.39 is 0 Å². The summed E-state index contributed by atoms with van der Waals surface area (Å²) in [5.74, 6) is 2.36. The van der Waals surface area contributed by atoms with Crippen molar-refractivity contribution in [2.45, 2.75) is 26.7 Å². The van der Waals surface area contributed by atoms with Crippen molar-refractivity contribution in [3.8, 4) is 0 Å². The predicted octanol–water partition coefficient (Wildman–Crippen LogP) is 3.01. The zero-order chi connectivity index (χ0) is 16.2. The third-order valence-corrected chi connectivity index (χ3v) is 4.64. The van der Waals surface area contributed by atoms with Crippen molar-refractivity contribution in [1.29, 1.82) is 0 Å². The Morgan fingerprint density at radius 1 is 1.13 bits per heavy atom. The van der Waals surface area contributed by atoms with E-state index in [4.69, 9.17) is 10.7 Å². The first-order valence-corrected chi connectivity index (χ1v) is 8.29. The summed E-state index contributed by atoms with van der Waals surface area (Å²) in [7, 11) is 0. The van der Waals surface area contributed by atoms with Crippen molar-refractivity contribution < 1.29 is 0 Å². The summed E-state index contributed by atoms with van der Waals surface area (Å²) < 4.78 is 0. The van der Waals surface area contributed by atoms with Gasteiger partial charge in [0.1, 0.15) is 5.82 Å². The number of aromatic nitrogens is 2. The molecule has 0 radical (unpaired) electrons. The van der Waals surface area contributed by atoms with Gasteiger partial charge in [0.05, 0.1) is 0 Å². The van der Waals surface area contributed by atoms with Gasteiger partial charge in [0.15, 0.2) is 0 Å². The molecule has 0 amide bonds. The maximum atomic E-state index is 5.80. The van der Waals surface area contributed by atoms with Crippen LogP contribution in [0.2, 0.25) is 0 Å². The van der Waals surface area contributed by atoms with Crippen molar-refractivity contribution >= 4 is 17.5 Å². The minimum atomic E-state index is 0.649. The van der Waals surface area contributed by atoms with Crippen LogP contribution >= 0.6 is 0 Å². The number of para-hydroxylation sites is 1. The molecule has 1 fully saturated rings. The number of nitrogens with zero attached hydrogens (tertiary/aromatic N) is 3. The molecule has 1 saturated heterocycles. The van der Waals surface area contributed by atoms with E-state index in [1.165, 1.54) is 0 Å². The van der Waals surface area contributed by atoms with Crippen LogP contribution in [0.25, 0.3) is 0 Å². The Kier molecular flexibility index (Phi) is 4.76. The standard InChI is InChI=1S/C18H25N5/c1-13-14(2)20-18(21-16-6-4-3-5-7-16)22-17(13)23-10-8-15(12-19)9-11-23/h3-7,15H,8-12,19H2,1-2H3,(H,20,21,22). The summed E-state index contributed by atoms with van der Waals surface area (Å²) in [6, 6.07) is 10.0. The Balaban J connectivity index is 1.83. The summed E-state index contributed by atoms with van der Waals surface area (Å²) >= 11 is 0. The second kappa shape index (κ2) is 6.96. The smallest absolute Gasteiger partial charge is 0.229 e. The average Bonchev–Trinajstić information content (AvgIpc) is 2.59. The first-order chi connectivity index (χ1) is 11.2. The van der Waals surface area contributed by atoms with Gasteiger partial charge in [-0.2, -0.15) is 4.98 Å². The van der Waals surface area contributed by atoms with E-state index >= 15 is 0 Å². The number of piperidine rings is 1. The fourth-order valence-electron chi connectivity index (χ4n) is 3.01. The number of aryl methyl sites for hydroxylation is 1. The molecule has 0 spiro atoms. The second-order valence-electron chi connectivity index (χ2n) is 6.24. The molecule has 0 bridgehead atoms. The van der Waals surface area contributed by atoms with Crippen LogP contribution in [-0.4, -0.2) is 29.6 Å². The topological polar surface area (TPSA) is 67.1 Å². The SMILES string of the molecule is Cc1nc(Nc2ccccc2)nc(N2CCC(CN)CC2)c1C. The van der Waals surface area contributed by atoms with E-state index in [1.807, 2.05) is 37.3 Å². The predicted molar refractivity (Wildman–Crippen MR) is 95.2 cm³/mol. The molecule has 1 aromatic heterocycles. The van der Waals surface area contributed by atoms with Gasteiger partial charge in [0.25, 0.3) is 0 Å². The molecular weight excluding hydrogens is 286 g/mol. The van der Waals surface area contributed by atoms with Gasteiger partial charge >= 0.3 is 0 Å². The van der Waals surface area contributed by atoms with E-state index in [9.17, 15) is 0 Å². The van der Waals surface area contributed by atoms with Crippen LogP contribution in [0.3, 0.4) is 0 Å². The van der Waals surface area contributed by atoms with Crippen LogP contribution in [0.5, 0.6) is 0 Å². The highest BCUT2D eigenvalue weighted by molar-refractivity contribution is 5.58. The molecule has 3 N–H and O–H groups in total. The summed E-state index contributed by atoms with van der Waals surface area (Å²) in [5.41, 5.74) is 8.99. The molecule has 0 atom stereocenters. The van der Waals surface area contributed by atoms with Crippen molar-refractivity contribution in [1.82, 2.24) is 9.97 Å². The van der Waals surface area contributed by atoms with Crippen LogP contribution in [0.4, 0.5) is 17.5 Å². The lowest BCUT2D eigenvalue weighted by molar-refractivity contribution is 0.412. The molecule has 122 valence electrons. The Morgan fingerprint density at radius 3 is 2.48 bits per heavy atom. The Morgan fingerprint density at radius 2 is 1.83 bits per heavy atom. The highest BCUT2D eigenvalue weighted by atomic mass is 15.2. The zero-order valence-electron chi connectivity index (χ0n) is 13.9. The third kappa shape index (κ3) is 3.62. The van der Waals surface area contributed by atoms with Gasteiger partial charge in [-0.25, -0.2) is 4.98 Å². The monoisotopic (exact) mass is 311 g/mol. The summed E-state index contributed by atoms with van der Waals surface area (Å²) in [4.78, 5) is 11.7. The first-order valence-electron chi connectivity index (χ1n) is 8.29. The molecule has 0 saturated carbocycles. The largest absolute Gasteiger partial charge is 0.356 e. The molecule has 5 nitrogen and oxygen atoms in total. The van der Waals surface area contributed by atoms with Gasteiger partial charge in [0.2, 0.25) is 5.95 Å². The molecule has 1 aromatic carbocycles. The minimum Gasteiger partial charge on any atom is -0.356 e. The molecule has 2 aromatic rings. The zero-order valence-corrected chi connectivity index (χ0v) is 13.9.